The maximum absolute atomic E-state index is 12.4. The average molecular weight is 233 g/mol. The SMILES string of the molecule is CCOc1ccc(C)cc1C(=O)C1CCCN1. The molecule has 0 spiro atoms. The predicted molar refractivity (Wildman–Crippen MR) is 67.7 cm³/mol. The molecule has 0 amide bonds. The van der Waals surface area contributed by atoms with Crippen molar-refractivity contribution in [3.05, 3.63) is 29.3 Å². The molecule has 92 valence electrons. The number of ether oxygens (including phenoxy) is 1. The fourth-order valence-electron chi connectivity index (χ4n) is 2.21. The van der Waals surface area contributed by atoms with Gasteiger partial charge in [0, 0.05) is 0 Å². The van der Waals surface area contributed by atoms with E-state index in [2.05, 4.69) is 5.32 Å². The first-order valence-corrected chi connectivity index (χ1v) is 6.23. The van der Waals surface area contributed by atoms with Gasteiger partial charge in [-0.2, -0.15) is 0 Å². The quantitative estimate of drug-likeness (QED) is 0.811. The van der Waals surface area contributed by atoms with E-state index in [-0.39, 0.29) is 11.8 Å². The Bertz CT molecular complexity index is 409. The number of hydrogen-bond acceptors (Lipinski definition) is 3. The van der Waals surface area contributed by atoms with E-state index < -0.39 is 0 Å². The largest absolute Gasteiger partial charge is 0.493 e. The lowest BCUT2D eigenvalue weighted by Crippen LogP contribution is -2.31. The number of nitrogens with one attached hydrogen (secondary N) is 1. The first-order valence-electron chi connectivity index (χ1n) is 6.23. The minimum absolute atomic E-state index is 0.0315. The maximum atomic E-state index is 12.4. The van der Waals surface area contributed by atoms with E-state index in [9.17, 15) is 4.79 Å². The molecule has 2 rings (SSSR count). The fourth-order valence-corrected chi connectivity index (χ4v) is 2.21. The molecule has 1 aromatic carbocycles. The van der Waals surface area contributed by atoms with Crippen LogP contribution in [0.3, 0.4) is 0 Å². The zero-order chi connectivity index (χ0) is 12.3. The normalized spacial score (nSPS) is 19.3. The molecule has 1 aliphatic rings. The fraction of sp³-hybridized carbons (Fsp3) is 0.500. The molecule has 0 aliphatic carbocycles. The Kier molecular flexibility index (Phi) is 3.79. The van der Waals surface area contributed by atoms with E-state index in [1.54, 1.807) is 0 Å². The molecule has 1 N–H and O–H groups in total. The summed E-state index contributed by atoms with van der Waals surface area (Å²) in [6.45, 7) is 5.45. The van der Waals surface area contributed by atoms with Gasteiger partial charge in [0.05, 0.1) is 18.2 Å². The van der Waals surface area contributed by atoms with Gasteiger partial charge >= 0.3 is 0 Å². The zero-order valence-corrected chi connectivity index (χ0v) is 10.5. The molecule has 1 atom stereocenters. The van der Waals surface area contributed by atoms with E-state index in [0.29, 0.717) is 17.9 Å². The van der Waals surface area contributed by atoms with Gasteiger partial charge in [0.1, 0.15) is 5.75 Å². The van der Waals surface area contributed by atoms with Crippen molar-refractivity contribution in [1.29, 1.82) is 0 Å². The van der Waals surface area contributed by atoms with Crippen molar-refractivity contribution in [2.45, 2.75) is 32.7 Å². The van der Waals surface area contributed by atoms with Gasteiger partial charge in [0.2, 0.25) is 0 Å². The number of Topliss-reactive ketones (excluding diaryl/α,β-unsaturated/α-hetero) is 1. The van der Waals surface area contributed by atoms with Gasteiger partial charge < -0.3 is 10.1 Å². The van der Waals surface area contributed by atoms with Gasteiger partial charge in [-0.15, -0.1) is 0 Å². The summed E-state index contributed by atoms with van der Waals surface area (Å²) in [5.41, 5.74) is 1.81. The highest BCUT2D eigenvalue weighted by molar-refractivity contribution is 6.02. The van der Waals surface area contributed by atoms with Crippen LogP contribution in [0.5, 0.6) is 5.75 Å². The molecule has 1 saturated heterocycles. The number of hydrogen-bond donors (Lipinski definition) is 1. The Hall–Kier alpha value is -1.35. The number of aryl methyl sites for hydroxylation is 1. The van der Waals surface area contributed by atoms with Crippen LogP contribution >= 0.6 is 0 Å². The monoisotopic (exact) mass is 233 g/mol. The van der Waals surface area contributed by atoms with Crippen molar-refractivity contribution in [2.75, 3.05) is 13.2 Å². The average Bonchev–Trinajstić information content (AvgIpc) is 2.84. The molecule has 1 unspecified atom stereocenters. The van der Waals surface area contributed by atoms with Crippen molar-refractivity contribution >= 4 is 5.78 Å². The molecule has 0 saturated carbocycles. The van der Waals surface area contributed by atoms with E-state index in [0.717, 1.165) is 24.9 Å². The Morgan fingerprint density at radius 1 is 1.53 bits per heavy atom. The highest BCUT2D eigenvalue weighted by atomic mass is 16.5. The summed E-state index contributed by atoms with van der Waals surface area (Å²) >= 11 is 0. The molecule has 0 bridgehead atoms. The van der Waals surface area contributed by atoms with E-state index in [4.69, 9.17) is 4.74 Å². The van der Waals surface area contributed by atoms with Crippen molar-refractivity contribution in [1.82, 2.24) is 5.32 Å². The Balaban J connectivity index is 2.28. The summed E-state index contributed by atoms with van der Waals surface area (Å²) < 4.78 is 5.52. The summed E-state index contributed by atoms with van der Waals surface area (Å²) in [6.07, 6.45) is 2.00. The third-order valence-electron chi connectivity index (χ3n) is 3.08. The van der Waals surface area contributed by atoms with Crippen LogP contribution in [-0.2, 0) is 0 Å². The van der Waals surface area contributed by atoms with Crippen LogP contribution in [0.15, 0.2) is 18.2 Å². The van der Waals surface area contributed by atoms with Crippen LogP contribution in [-0.4, -0.2) is 25.0 Å². The number of carbonyl (C=O) groups is 1. The van der Waals surface area contributed by atoms with Gasteiger partial charge in [0.25, 0.3) is 0 Å². The van der Waals surface area contributed by atoms with Gasteiger partial charge in [-0.05, 0) is 45.4 Å². The highest BCUT2D eigenvalue weighted by Gasteiger charge is 2.25. The Morgan fingerprint density at radius 2 is 2.35 bits per heavy atom. The molecule has 3 heteroatoms. The molecule has 1 fully saturated rings. The van der Waals surface area contributed by atoms with Gasteiger partial charge in [-0.3, -0.25) is 4.79 Å². The lowest BCUT2D eigenvalue weighted by molar-refractivity contribution is 0.0948. The molecule has 1 heterocycles. The van der Waals surface area contributed by atoms with Crippen LogP contribution in [0, 0.1) is 6.92 Å². The van der Waals surface area contributed by atoms with Crippen LogP contribution in [0.2, 0.25) is 0 Å². The standard InChI is InChI=1S/C14H19NO2/c1-3-17-13-7-6-10(2)9-11(13)14(16)12-5-4-8-15-12/h6-7,9,12,15H,3-5,8H2,1-2H3. The van der Waals surface area contributed by atoms with Crippen molar-refractivity contribution in [2.24, 2.45) is 0 Å². The summed E-state index contributed by atoms with van der Waals surface area (Å²) in [5.74, 6) is 0.867. The topological polar surface area (TPSA) is 38.3 Å². The second-order valence-corrected chi connectivity index (χ2v) is 4.45. The van der Waals surface area contributed by atoms with Crippen LogP contribution < -0.4 is 10.1 Å². The Labute approximate surface area is 102 Å². The number of rotatable bonds is 4. The summed E-state index contributed by atoms with van der Waals surface area (Å²) in [6, 6.07) is 5.76. The summed E-state index contributed by atoms with van der Waals surface area (Å²) in [4.78, 5) is 12.4. The van der Waals surface area contributed by atoms with E-state index >= 15 is 0 Å². The smallest absolute Gasteiger partial charge is 0.183 e. The third-order valence-corrected chi connectivity index (χ3v) is 3.08. The molecule has 1 aliphatic heterocycles. The summed E-state index contributed by atoms with van der Waals surface area (Å²) in [5, 5.41) is 3.24. The van der Waals surface area contributed by atoms with Crippen LogP contribution in [0.1, 0.15) is 35.7 Å². The van der Waals surface area contributed by atoms with Crippen molar-refractivity contribution in [3.8, 4) is 5.75 Å². The van der Waals surface area contributed by atoms with Crippen LogP contribution in [0.25, 0.3) is 0 Å². The first kappa shape index (κ1) is 12.1. The molecule has 0 radical (unpaired) electrons. The minimum Gasteiger partial charge on any atom is -0.493 e. The molecule has 3 nitrogen and oxygen atoms in total. The van der Waals surface area contributed by atoms with Crippen molar-refractivity contribution < 1.29 is 9.53 Å². The zero-order valence-electron chi connectivity index (χ0n) is 10.5. The number of carbonyl (C=O) groups excluding carboxylic acids is 1. The molecule has 0 aromatic heterocycles. The van der Waals surface area contributed by atoms with Crippen LogP contribution in [0.4, 0.5) is 0 Å². The maximum Gasteiger partial charge on any atom is 0.183 e. The lowest BCUT2D eigenvalue weighted by atomic mass is 10.00. The van der Waals surface area contributed by atoms with E-state index in [1.807, 2.05) is 32.0 Å². The van der Waals surface area contributed by atoms with Gasteiger partial charge in [-0.1, -0.05) is 11.6 Å². The molecule has 17 heavy (non-hydrogen) atoms. The van der Waals surface area contributed by atoms with E-state index in [1.165, 1.54) is 0 Å². The minimum atomic E-state index is -0.0315. The highest BCUT2D eigenvalue weighted by Crippen LogP contribution is 2.23. The predicted octanol–water partition coefficient (Wildman–Crippen LogP) is 2.33. The lowest BCUT2D eigenvalue weighted by Gasteiger charge is -2.14. The van der Waals surface area contributed by atoms with Crippen molar-refractivity contribution in [3.63, 3.8) is 0 Å². The number of ketones is 1. The third kappa shape index (κ3) is 2.67. The van der Waals surface area contributed by atoms with Gasteiger partial charge in [0.15, 0.2) is 5.78 Å². The molecular weight excluding hydrogens is 214 g/mol. The molecular formula is C14H19NO2. The number of benzene rings is 1. The molecule has 1 aromatic rings. The summed E-state index contributed by atoms with van der Waals surface area (Å²) in [7, 11) is 0. The Morgan fingerprint density at radius 3 is 3.00 bits per heavy atom. The second-order valence-electron chi connectivity index (χ2n) is 4.45. The first-order chi connectivity index (χ1) is 8.22. The van der Waals surface area contributed by atoms with Gasteiger partial charge in [-0.25, -0.2) is 0 Å². The second kappa shape index (κ2) is 5.32.